The number of fused-ring (bicyclic) bond motifs is 2. The summed E-state index contributed by atoms with van der Waals surface area (Å²) in [6, 6.07) is 20.4. The maximum Gasteiger partial charge on any atom is 0.160 e. The highest BCUT2D eigenvalue weighted by atomic mass is 16.5. The van der Waals surface area contributed by atoms with E-state index < -0.39 is 0 Å². The molecule has 6 rings (SSSR count). The fraction of sp³-hybridized carbons (Fsp3) is 0.192. The highest BCUT2D eigenvalue weighted by Gasteiger charge is 2.18. The average molecular weight is 452 g/mol. The molecule has 0 aliphatic carbocycles. The van der Waals surface area contributed by atoms with E-state index in [-0.39, 0.29) is 0 Å². The van der Waals surface area contributed by atoms with Crippen LogP contribution in [-0.4, -0.2) is 52.1 Å². The molecule has 4 heterocycles. The van der Waals surface area contributed by atoms with Crippen molar-refractivity contribution in [2.45, 2.75) is 6.92 Å². The predicted octanol–water partition coefficient (Wildman–Crippen LogP) is 4.47. The first-order valence-corrected chi connectivity index (χ1v) is 11.4. The van der Waals surface area contributed by atoms with Crippen molar-refractivity contribution in [3.63, 3.8) is 0 Å². The van der Waals surface area contributed by atoms with Gasteiger partial charge in [-0.2, -0.15) is 14.7 Å². The first-order chi connectivity index (χ1) is 16.8. The minimum Gasteiger partial charge on any atom is -0.378 e. The molecule has 1 fully saturated rings. The Bertz CT molecular complexity index is 1480. The first kappa shape index (κ1) is 20.4. The van der Waals surface area contributed by atoms with Crippen molar-refractivity contribution in [1.82, 2.24) is 19.6 Å². The van der Waals surface area contributed by atoms with Gasteiger partial charge in [0.15, 0.2) is 11.5 Å². The molecule has 1 aliphatic rings. The van der Waals surface area contributed by atoms with Crippen LogP contribution in [0, 0.1) is 6.92 Å². The second kappa shape index (κ2) is 8.64. The monoisotopic (exact) mass is 451 g/mol. The third-order valence-corrected chi connectivity index (χ3v) is 6.15. The molecule has 1 saturated heterocycles. The molecule has 0 saturated carbocycles. The summed E-state index contributed by atoms with van der Waals surface area (Å²) >= 11 is 0. The number of aromatic amines is 1. The van der Waals surface area contributed by atoms with Gasteiger partial charge in [-0.05, 0) is 12.5 Å². The standard InChI is InChI=1S/C26H25N7O/c1-18-16-27-26-20(8-5-9-21(18)26)17-28-30-23-15-25(32-10-12-34-13-11-32)33-24(29-23)14-22(31-33)19-6-3-2-4-7-19/h2-9,14-17,27H,10-13H2,1H3,(H,29,30)/b28-17-. The van der Waals surface area contributed by atoms with Gasteiger partial charge in [-0.15, -0.1) is 0 Å². The van der Waals surface area contributed by atoms with Crippen LogP contribution in [-0.2, 0) is 4.74 Å². The second-order valence-corrected chi connectivity index (χ2v) is 8.38. The highest BCUT2D eigenvalue weighted by molar-refractivity contribution is 5.99. The summed E-state index contributed by atoms with van der Waals surface area (Å²) in [5, 5.41) is 10.6. The number of hydrogen-bond donors (Lipinski definition) is 2. The van der Waals surface area contributed by atoms with Crippen LogP contribution in [0.1, 0.15) is 11.1 Å². The van der Waals surface area contributed by atoms with Crippen LogP contribution in [0.5, 0.6) is 0 Å². The number of aryl methyl sites for hydroxylation is 1. The first-order valence-electron chi connectivity index (χ1n) is 11.4. The molecule has 0 amide bonds. The van der Waals surface area contributed by atoms with E-state index in [1.807, 2.05) is 59.4 Å². The van der Waals surface area contributed by atoms with Crippen LogP contribution in [0.2, 0.25) is 0 Å². The number of aromatic nitrogens is 4. The maximum atomic E-state index is 5.56. The summed E-state index contributed by atoms with van der Waals surface area (Å²) in [5.41, 5.74) is 9.15. The molecular weight excluding hydrogens is 426 g/mol. The van der Waals surface area contributed by atoms with E-state index in [2.05, 4.69) is 45.5 Å². The Morgan fingerprint density at radius 1 is 1.06 bits per heavy atom. The number of anilines is 2. The molecule has 0 radical (unpaired) electrons. The Morgan fingerprint density at radius 2 is 1.91 bits per heavy atom. The number of nitrogens with one attached hydrogen (secondary N) is 2. The van der Waals surface area contributed by atoms with Gasteiger partial charge in [-0.25, -0.2) is 4.98 Å². The van der Waals surface area contributed by atoms with Crippen molar-refractivity contribution in [1.29, 1.82) is 0 Å². The van der Waals surface area contributed by atoms with Gasteiger partial charge >= 0.3 is 0 Å². The molecule has 1 aliphatic heterocycles. The third-order valence-electron chi connectivity index (χ3n) is 6.15. The van der Waals surface area contributed by atoms with Gasteiger partial charge in [-0.3, -0.25) is 5.43 Å². The van der Waals surface area contributed by atoms with E-state index in [1.54, 1.807) is 0 Å². The lowest BCUT2D eigenvalue weighted by molar-refractivity contribution is 0.122. The number of H-pyrrole nitrogens is 1. The average Bonchev–Trinajstić information content (AvgIpc) is 3.49. The molecular formula is C26H25N7O. The number of rotatable bonds is 5. The zero-order valence-electron chi connectivity index (χ0n) is 18.9. The van der Waals surface area contributed by atoms with Crippen molar-refractivity contribution in [3.8, 4) is 11.3 Å². The number of benzene rings is 2. The van der Waals surface area contributed by atoms with E-state index in [0.717, 1.165) is 46.9 Å². The number of nitrogens with zero attached hydrogens (tertiary/aromatic N) is 5. The molecule has 0 atom stereocenters. The topological polar surface area (TPSA) is 82.8 Å². The Labute approximate surface area is 196 Å². The van der Waals surface area contributed by atoms with E-state index in [0.29, 0.717) is 19.0 Å². The van der Waals surface area contributed by atoms with E-state index >= 15 is 0 Å². The summed E-state index contributed by atoms with van der Waals surface area (Å²) in [4.78, 5) is 10.4. The summed E-state index contributed by atoms with van der Waals surface area (Å²) in [5.74, 6) is 1.63. The molecule has 8 nitrogen and oxygen atoms in total. The number of morpholine rings is 1. The van der Waals surface area contributed by atoms with Crippen LogP contribution in [0.4, 0.5) is 11.6 Å². The maximum absolute atomic E-state index is 5.56. The lowest BCUT2D eigenvalue weighted by Gasteiger charge is -2.29. The van der Waals surface area contributed by atoms with E-state index in [4.69, 9.17) is 14.8 Å². The SMILES string of the molecule is Cc1c[nH]c2c(/C=N\Nc3cc(N4CCOCC4)n4nc(-c5ccccc5)cc4n3)cccc12. The zero-order valence-corrected chi connectivity index (χ0v) is 18.9. The van der Waals surface area contributed by atoms with Gasteiger partial charge in [0.1, 0.15) is 5.82 Å². The van der Waals surface area contributed by atoms with Gasteiger partial charge in [0, 0.05) is 47.9 Å². The van der Waals surface area contributed by atoms with Gasteiger partial charge < -0.3 is 14.6 Å². The van der Waals surface area contributed by atoms with Crippen molar-refractivity contribution in [3.05, 3.63) is 78.0 Å². The normalized spacial score (nSPS) is 14.4. The Hall–Kier alpha value is -4.17. The van der Waals surface area contributed by atoms with Crippen LogP contribution >= 0.6 is 0 Å². The quantitative estimate of drug-likeness (QED) is 0.304. The molecule has 0 spiro atoms. The summed E-state index contributed by atoms with van der Waals surface area (Å²) in [6.07, 6.45) is 3.84. The molecule has 8 heteroatoms. The van der Waals surface area contributed by atoms with E-state index in [9.17, 15) is 0 Å². The summed E-state index contributed by atoms with van der Waals surface area (Å²) < 4.78 is 7.47. The van der Waals surface area contributed by atoms with Crippen LogP contribution in [0.25, 0.3) is 27.8 Å². The molecule has 5 aromatic rings. The predicted molar refractivity (Wildman–Crippen MR) is 136 cm³/mol. The molecule has 0 bridgehead atoms. The fourth-order valence-electron chi connectivity index (χ4n) is 4.38. The third kappa shape index (κ3) is 3.78. The Kier molecular flexibility index (Phi) is 5.20. The minimum absolute atomic E-state index is 0.666. The van der Waals surface area contributed by atoms with Crippen LogP contribution in [0.3, 0.4) is 0 Å². The lowest BCUT2D eigenvalue weighted by atomic mass is 10.1. The second-order valence-electron chi connectivity index (χ2n) is 8.38. The smallest absolute Gasteiger partial charge is 0.160 e. The van der Waals surface area contributed by atoms with Crippen LogP contribution < -0.4 is 10.3 Å². The van der Waals surface area contributed by atoms with Gasteiger partial charge in [0.05, 0.1) is 30.6 Å². The van der Waals surface area contributed by atoms with Crippen molar-refractivity contribution in [2.75, 3.05) is 36.6 Å². The number of hydrogen-bond acceptors (Lipinski definition) is 6. The molecule has 2 aromatic carbocycles. The Morgan fingerprint density at radius 3 is 2.76 bits per heavy atom. The lowest BCUT2D eigenvalue weighted by Crippen LogP contribution is -2.37. The number of para-hydroxylation sites is 1. The van der Waals surface area contributed by atoms with E-state index in [1.165, 1.54) is 10.9 Å². The summed E-state index contributed by atoms with van der Waals surface area (Å²) in [6.45, 7) is 5.08. The minimum atomic E-state index is 0.666. The van der Waals surface area contributed by atoms with Crippen molar-refractivity contribution < 1.29 is 4.74 Å². The number of hydrazone groups is 1. The molecule has 34 heavy (non-hydrogen) atoms. The van der Waals surface area contributed by atoms with Crippen molar-refractivity contribution in [2.24, 2.45) is 5.10 Å². The van der Waals surface area contributed by atoms with Gasteiger partial charge in [0.2, 0.25) is 0 Å². The largest absolute Gasteiger partial charge is 0.378 e. The molecule has 2 N–H and O–H groups in total. The fourth-order valence-corrected chi connectivity index (χ4v) is 4.38. The molecule has 3 aromatic heterocycles. The highest BCUT2D eigenvalue weighted by Crippen LogP contribution is 2.26. The molecule has 170 valence electrons. The summed E-state index contributed by atoms with van der Waals surface area (Å²) in [7, 11) is 0. The van der Waals surface area contributed by atoms with Crippen molar-refractivity contribution >= 4 is 34.4 Å². The Balaban J connectivity index is 1.36. The van der Waals surface area contributed by atoms with Crippen LogP contribution in [0.15, 0.2) is 72.0 Å². The van der Waals surface area contributed by atoms with Gasteiger partial charge in [-0.1, -0.05) is 48.5 Å². The zero-order chi connectivity index (χ0) is 22.9. The molecule has 0 unspecified atom stereocenters. The van der Waals surface area contributed by atoms with Gasteiger partial charge in [0.25, 0.3) is 0 Å². The number of ether oxygens (including phenoxy) is 1.